The van der Waals surface area contributed by atoms with Crippen molar-refractivity contribution >= 4 is 5.91 Å². The average Bonchev–Trinajstić information content (AvgIpc) is 2.34. The van der Waals surface area contributed by atoms with Crippen LogP contribution < -0.4 is 10.1 Å². The Kier molecular flexibility index (Phi) is 5.87. The second-order valence-electron chi connectivity index (χ2n) is 5.10. The molecule has 19 heavy (non-hydrogen) atoms. The van der Waals surface area contributed by atoms with Crippen LogP contribution in [0.2, 0.25) is 0 Å². The van der Waals surface area contributed by atoms with Gasteiger partial charge in [-0.2, -0.15) is 0 Å². The molecule has 0 fully saturated rings. The van der Waals surface area contributed by atoms with Gasteiger partial charge in [0.25, 0.3) is 5.91 Å². The molecule has 0 aromatic heterocycles. The number of ether oxygens (including phenoxy) is 1. The third-order valence-corrected chi connectivity index (χ3v) is 3.30. The Morgan fingerprint density at radius 1 is 1.16 bits per heavy atom. The average molecular weight is 263 g/mol. The molecule has 0 aliphatic heterocycles. The number of hydrogen-bond acceptors (Lipinski definition) is 2. The van der Waals surface area contributed by atoms with E-state index in [1.807, 2.05) is 13.8 Å². The van der Waals surface area contributed by atoms with Crippen LogP contribution in [0.25, 0.3) is 0 Å². The minimum atomic E-state index is -0.0481. The molecule has 0 unspecified atom stereocenters. The maximum Gasteiger partial charge on any atom is 0.258 e. The fraction of sp³-hybridized carbons (Fsp3) is 0.562. The first-order valence-corrected chi connectivity index (χ1v) is 6.97. The van der Waals surface area contributed by atoms with Gasteiger partial charge < -0.3 is 10.1 Å². The number of nitrogens with one attached hydrogen (secondary N) is 1. The van der Waals surface area contributed by atoms with E-state index in [4.69, 9.17) is 4.74 Å². The van der Waals surface area contributed by atoms with E-state index in [9.17, 15) is 4.79 Å². The molecule has 0 spiro atoms. The molecule has 1 N–H and O–H groups in total. The van der Waals surface area contributed by atoms with Gasteiger partial charge in [0.05, 0.1) is 0 Å². The normalized spacial score (nSPS) is 10.6. The van der Waals surface area contributed by atoms with Crippen molar-refractivity contribution in [2.24, 2.45) is 0 Å². The standard InChI is InChI=1S/C16H25NO2/c1-6-14(7-2)17-15(18)10-19-16-12(4)8-11(3)9-13(16)5/h8-9,14H,6-7,10H2,1-5H3,(H,17,18). The predicted molar refractivity (Wildman–Crippen MR) is 78.7 cm³/mol. The van der Waals surface area contributed by atoms with Gasteiger partial charge in [-0.25, -0.2) is 0 Å². The van der Waals surface area contributed by atoms with E-state index in [-0.39, 0.29) is 18.6 Å². The van der Waals surface area contributed by atoms with Gasteiger partial charge >= 0.3 is 0 Å². The number of amides is 1. The number of aryl methyl sites for hydroxylation is 3. The summed E-state index contributed by atoms with van der Waals surface area (Å²) in [5, 5.41) is 2.97. The Hall–Kier alpha value is -1.51. The second kappa shape index (κ2) is 7.17. The number of carbonyl (C=O) groups is 1. The fourth-order valence-corrected chi connectivity index (χ4v) is 2.29. The molecular formula is C16H25NO2. The first-order chi connectivity index (χ1) is 8.97. The van der Waals surface area contributed by atoms with Gasteiger partial charge in [-0.15, -0.1) is 0 Å². The Morgan fingerprint density at radius 2 is 1.68 bits per heavy atom. The van der Waals surface area contributed by atoms with Gasteiger partial charge in [0.15, 0.2) is 6.61 Å². The number of hydrogen-bond donors (Lipinski definition) is 1. The lowest BCUT2D eigenvalue weighted by Gasteiger charge is -2.16. The summed E-state index contributed by atoms with van der Waals surface area (Å²) < 4.78 is 5.66. The van der Waals surface area contributed by atoms with Gasteiger partial charge in [-0.05, 0) is 44.7 Å². The Morgan fingerprint density at radius 3 is 2.16 bits per heavy atom. The van der Waals surface area contributed by atoms with E-state index in [0.29, 0.717) is 0 Å². The van der Waals surface area contributed by atoms with E-state index in [1.165, 1.54) is 5.56 Å². The zero-order valence-corrected chi connectivity index (χ0v) is 12.7. The number of benzene rings is 1. The van der Waals surface area contributed by atoms with Crippen LogP contribution in [0.5, 0.6) is 5.75 Å². The maximum absolute atomic E-state index is 11.8. The van der Waals surface area contributed by atoms with Crippen LogP contribution in [0.3, 0.4) is 0 Å². The van der Waals surface area contributed by atoms with Crippen LogP contribution in [-0.4, -0.2) is 18.6 Å². The van der Waals surface area contributed by atoms with Gasteiger partial charge in [-0.3, -0.25) is 4.79 Å². The molecule has 0 aliphatic carbocycles. The third-order valence-electron chi connectivity index (χ3n) is 3.30. The molecule has 106 valence electrons. The van der Waals surface area contributed by atoms with Crippen molar-refractivity contribution < 1.29 is 9.53 Å². The highest BCUT2D eigenvalue weighted by molar-refractivity contribution is 5.77. The molecule has 1 aromatic rings. The van der Waals surface area contributed by atoms with Gasteiger partial charge in [0, 0.05) is 6.04 Å². The fourth-order valence-electron chi connectivity index (χ4n) is 2.29. The highest BCUT2D eigenvalue weighted by Crippen LogP contribution is 2.24. The van der Waals surface area contributed by atoms with Crippen molar-refractivity contribution in [1.29, 1.82) is 0 Å². The maximum atomic E-state index is 11.8. The summed E-state index contributed by atoms with van der Waals surface area (Å²) in [4.78, 5) is 11.8. The van der Waals surface area contributed by atoms with Crippen LogP contribution in [0.1, 0.15) is 43.4 Å². The highest BCUT2D eigenvalue weighted by Gasteiger charge is 2.11. The van der Waals surface area contributed by atoms with Gasteiger partial charge in [0.1, 0.15) is 5.75 Å². The molecule has 1 aromatic carbocycles. The molecule has 0 heterocycles. The largest absolute Gasteiger partial charge is 0.483 e. The number of carbonyl (C=O) groups excluding carboxylic acids is 1. The molecule has 0 bridgehead atoms. The lowest BCUT2D eigenvalue weighted by atomic mass is 10.1. The third kappa shape index (κ3) is 4.58. The van der Waals surface area contributed by atoms with Crippen LogP contribution in [0.15, 0.2) is 12.1 Å². The predicted octanol–water partition coefficient (Wildman–Crippen LogP) is 3.30. The lowest BCUT2D eigenvalue weighted by molar-refractivity contribution is -0.123. The van der Waals surface area contributed by atoms with Gasteiger partial charge in [-0.1, -0.05) is 31.5 Å². The quantitative estimate of drug-likeness (QED) is 0.855. The zero-order chi connectivity index (χ0) is 14.4. The molecule has 1 amide bonds. The topological polar surface area (TPSA) is 38.3 Å². The van der Waals surface area contributed by atoms with Crippen LogP contribution >= 0.6 is 0 Å². The van der Waals surface area contributed by atoms with Crippen molar-refractivity contribution in [2.75, 3.05) is 6.61 Å². The molecule has 1 rings (SSSR count). The van der Waals surface area contributed by atoms with Crippen molar-refractivity contribution in [2.45, 2.75) is 53.5 Å². The van der Waals surface area contributed by atoms with E-state index in [0.717, 1.165) is 29.7 Å². The van der Waals surface area contributed by atoms with E-state index >= 15 is 0 Å². The Balaban J connectivity index is 2.60. The van der Waals surface area contributed by atoms with Crippen molar-refractivity contribution in [3.05, 3.63) is 28.8 Å². The molecule has 3 heteroatoms. The summed E-state index contributed by atoms with van der Waals surface area (Å²) in [5.74, 6) is 0.776. The molecule has 0 radical (unpaired) electrons. The molecule has 0 saturated carbocycles. The highest BCUT2D eigenvalue weighted by atomic mass is 16.5. The summed E-state index contributed by atoms with van der Waals surface area (Å²) >= 11 is 0. The molecule has 0 saturated heterocycles. The summed E-state index contributed by atoms with van der Waals surface area (Å²) in [7, 11) is 0. The molecule has 0 atom stereocenters. The Bertz CT molecular complexity index is 413. The summed E-state index contributed by atoms with van der Waals surface area (Å²) in [6.45, 7) is 10.3. The van der Waals surface area contributed by atoms with E-state index < -0.39 is 0 Å². The molecule has 3 nitrogen and oxygen atoms in total. The summed E-state index contributed by atoms with van der Waals surface area (Å²) in [6.07, 6.45) is 1.90. The first-order valence-electron chi connectivity index (χ1n) is 6.97. The van der Waals surface area contributed by atoms with E-state index in [2.05, 4.69) is 38.2 Å². The van der Waals surface area contributed by atoms with Crippen LogP contribution in [-0.2, 0) is 4.79 Å². The second-order valence-corrected chi connectivity index (χ2v) is 5.10. The van der Waals surface area contributed by atoms with Crippen molar-refractivity contribution in [3.63, 3.8) is 0 Å². The SMILES string of the molecule is CCC(CC)NC(=O)COc1c(C)cc(C)cc1C. The van der Waals surface area contributed by atoms with E-state index in [1.54, 1.807) is 0 Å². The van der Waals surface area contributed by atoms with Gasteiger partial charge in [0.2, 0.25) is 0 Å². The minimum Gasteiger partial charge on any atom is -0.483 e. The van der Waals surface area contributed by atoms with Crippen LogP contribution in [0, 0.1) is 20.8 Å². The summed E-state index contributed by atoms with van der Waals surface area (Å²) in [5.41, 5.74) is 3.37. The van der Waals surface area contributed by atoms with Crippen molar-refractivity contribution in [1.82, 2.24) is 5.32 Å². The first kappa shape index (κ1) is 15.5. The Labute approximate surface area is 116 Å². The smallest absolute Gasteiger partial charge is 0.258 e. The molecular weight excluding hydrogens is 238 g/mol. The monoisotopic (exact) mass is 263 g/mol. The number of rotatable bonds is 6. The van der Waals surface area contributed by atoms with Crippen molar-refractivity contribution in [3.8, 4) is 5.75 Å². The van der Waals surface area contributed by atoms with Crippen LogP contribution in [0.4, 0.5) is 0 Å². The summed E-state index contributed by atoms with van der Waals surface area (Å²) in [6, 6.07) is 4.39. The minimum absolute atomic E-state index is 0.0481. The molecule has 0 aliphatic rings. The lowest BCUT2D eigenvalue weighted by Crippen LogP contribution is -2.37. The zero-order valence-electron chi connectivity index (χ0n) is 12.7.